The van der Waals surface area contributed by atoms with Crippen molar-refractivity contribution in [2.24, 2.45) is 0 Å². The summed E-state index contributed by atoms with van der Waals surface area (Å²) < 4.78 is 5.43. The normalized spacial score (nSPS) is 15.7. The van der Waals surface area contributed by atoms with E-state index in [1.807, 2.05) is 41.3 Å². The van der Waals surface area contributed by atoms with Crippen LogP contribution in [-0.2, 0) is 6.54 Å². The van der Waals surface area contributed by atoms with E-state index < -0.39 is 0 Å². The molecular weight excluding hydrogens is 334 g/mol. The van der Waals surface area contributed by atoms with E-state index in [0.717, 1.165) is 33.6 Å². The first-order chi connectivity index (χ1) is 13.1. The van der Waals surface area contributed by atoms with Crippen LogP contribution in [0.25, 0.3) is 0 Å². The Kier molecular flexibility index (Phi) is 4.44. The maximum atomic E-state index is 13.2. The number of fused-ring (bicyclic) bond motifs is 1. The van der Waals surface area contributed by atoms with Crippen molar-refractivity contribution in [3.05, 3.63) is 100 Å². The van der Waals surface area contributed by atoms with E-state index in [1.165, 1.54) is 5.56 Å². The Morgan fingerprint density at radius 1 is 0.926 bits per heavy atom. The highest BCUT2D eigenvalue weighted by Gasteiger charge is 2.38. The molecule has 0 aliphatic carbocycles. The number of hydrogen-bond donors (Lipinski definition) is 0. The van der Waals surface area contributed by atoms with Crippen molar-refractivity contribution in [3.63, 3.8) is 0 Å². The topological polar surface area (TPSA) is 29.5 Å². The van der Waals surface area contributed by atoms with E-state index in [0.29, 0.717) is 6.54 Å². The van der Waals surface area contributed by atoms with Crippen LogP contribution in [0.15, 0.2) is 66.7 Å². The van der Waals surface area contributed by atoms with E-state index in [2.05, 4.69) is 44.2 Å². The van der Waals surface area contributed by atoms with Gasteiger partial charge in [-0.05, 0) is 59.9 Å². The number of hydrogen-bond acceptors (Lipinski definition) is 2. The predicted molar refractivity (Wildman–Crippen MR) is 107 cm³/mol. The number of carbonyl (C=O) groups excluding carboxylic acids is 1. The number of aryl methyl sites for hydroxylation is 2. The van der Waals surface area contributed by atoms with Crippen molar-refractivity contribution in [2.45, 2.75) is 26.4 Å². The minimum Gasteiger partial charge on any atom is -0.497 e. The number of methoxy groups -OCH3 is 1. The second-order valence-corrected chi connectivity index (χ2v) is 7.08. The van der Waals surface area contributed by atoms with Crippen molar-refractivity contribution >= 4 is 5.91 Å². The molecule has 0 fully saturated rings. The summed E-state index contributed by atoms with van der Waals surface area (Å²) in [6.45, 7) is 4.78. The largest absolute Gasteiger partial charge is 0.497 e. The molecule has 0 bridgehead atoms. The van der Waals surface area contributed by atoms with Crippen molar-refractivity contribution in [1.29, 1.82) is 0 Å². The zero-order chi connectivity index (χ0) is 19.0. The summed E-state index contributed by atoms with van der Waals surface area (Å²) in [4.78, 5) is 15.2. The zero-order valence-corrected chi connectivity index (χ0v) is 15.9. The fourth-order valence-corrected chi connectivity index (χ4v) is 4.11. The van der Waals surface area contributed by atoms with Gasteiger partial charge >= 0.3 is 0 Å². The molecular formula is C24H23NO2. The number of carbonyl (C=O) groups is 1. The molecule has 0 spiro atoms. The van der Waals surface area contributed by atoms with Gasteiger partial charge in [-0.2, -0.15) is 0 Å². The van der Waals surface area contributed by atoms with Crippen LogP contribution in [0, 0.1) is 13.8 Å². The van der Waals surface area contributed by atoms with Crippen LogP contribution in [-0.4, -0.2) is 17.9 Å². The Hall–Kier alpha value is -3.07. The maximum Gasteiger partial charge on any atom is 0.255 e. The van der Waals surface area contributed by atoms with E-state index in [4.69, 9.17) is 4.74 Å². The highest BCUT2D eigenvalue weighted by atomic mass is 16.5. The molecule has 4 rings (SSSR count). The minimum absolute atomic E-state index is 0.0835. The molecule has 3 aromatic rings. The maximum absolute atomic E-state index is 13.2. The first kappa shape index (κ1) is 17.3. The van der Waals surface area contributed by atoms with Gasteiger partial charge in [0, 0.05) is 12.1 Å². The fourth-order valence-electron chi connectivity index (χ4n) is 4.11. The highest BCUT2D eigenvalue weighted by molar-refractivity contribution is 5.99. The van der Waals surface area contributed by atoms with Gasteiger partial charge in [0.05, 0.1) is 13.2 Å². The summed E-state index contributed by atoms with van der Waals surface area (Å²) in [7, 11) is 1.68. The average Bonchev–Trinajstić information content (AvgIpc) is 2.95. The Bertz CT molecular complexity index is 971. The van der Waals surface area contributed by atoms with Gasteiger partial charge < -0.3 is 9.64 Å². The predicted octanol–water partition coefficient (Wildman–Crippen LogP) is 5.06. The third-order valence-corrected chi connectivity index (χ3v) is 5.33. The molecule has 3 aromatic carbocycles. The van der Waals surface area contributed by atoms with Gasteiger partial charge in [0.25, 0.3) is 5.91 Å². The molecule has 1 amide bonds. The van der Waals surface area contributed by atoms with Crippen LogP contribution in [0.4, 0.5) is 0 Å². The number of amides is 1. The molecule has 1 heterocycles. The van der Waals surface area contributed by atoms with Crippen LogP contribution in [0.2, 0.25) is 0 Å². The van der Waals surface area contributed by atoms with Gasteiger partial charge in [0.2, 0.25) is 0 Å². The van der Waals surface area contributed by atoms with Crippen LogP contribution in [0.3, 0.4) is 0 Å². The molecule has 136 valence electrons. The Morgan fingerprint density at radius 2 is 1.56 bits per heavy atom. The molecule has 1 aliphatic heterocycles. The van der Waals surface area contributed by atoms with Crippen LogP contribution < -0.4 is 4.74 Å². The van der Waals surface area contributed by atoms with Gasteiger partial charge in [-0.3, -0.25) is 4.79 Å². The van der Waals surface area contributed by atoms with Crippen molar-refractivity contribution in [2.75, 3.05) is 7.11 Å². The number of rotatable bonds is 4. The lowest BCUT2D eigenvalue weighted by Gasteiger charge is -2.29. The third kappa shape index (κ3) is 2.99. The fraction of sp³-hybridized carbons (Fsp3) is 0.208. The number of nitrogens with zero attached hydrogens (tertiary/aromatic N) is 1. The van der Waals surface area contributed by atoms with Gasteiger partial charge in [0.15, 0.2) is 0 Å². The number of benzene rings is 3. The summed E-state index contributed by atoms with van der Waals surface area (Å²) in [6.07, 6.45) is 0. The van der Waals surface area contributed by atoms with Crippen LogP contribution in [0.1, 0.15) is 44.2 Å². The van der Waals surface area contributed by atoms with Gasteiger partial charge in [-0.25, -0.2) is 0 Å². The lowest BCUT2D eigenvalue weighted by atomic mass is 9.90. The Morgan fingerprint density at radius 3 is 2.22 bits per heavy atom. The first-order valence-corrected chi connectivity index (χ1v) is 9.19. The second kappa shape index (κ2) is 6.92. The molecule has 0 N–H and O–H groups in total. The molecule has 27 heavy (non-hydrogen) atoms. The smallest absolute Gasteiger partial charge is 0.255 e. The summed E-state index contributed by atoms with van der Waals surface area (Å²) in [5.74, 6) is 0.940. The molecule has 0 radical (unpaired) electrons. The summed E-state index contributed by atoms with van der Waals surface area (Å²) >= 11 is 0. The van der Waals surface area contributed by atoms with Crippen molar-refractivity contribution < 1.29 is 9.53 Å². The van der Waals surface area contributed by atoms with E-state index >= 15 is 0 Å². The summed E-state index contributed by atoms with van der Waals surface area (Å²) in [6, 6.07) is 22.1. The lowest BCUT2D eigenvalue weighted by Crippen LogP contribution is -2.29. The molecule has 3 nitrogen and oxygen atoms in total. The molecule has 0 aromatic heterocycles. The monoisotopic (exact) mass is 357 g/mol. The average molecular weight is 357 g/mol. The van der Waals surface area contributed by atoms with Crippen LogP contribution >= 0.6 is 0 Å². The summed E-state index contributed by atoms with van der Waals surface area (Å²) in [5, 5.41) is 0. The Balaban J connectivity index is 1.86. The molecule has 1 atom stereocenters. The van der Waals surface area contributed by atoms with Gasteiger partial charge in [-0.1, -0.05) is 48.5 Å². The highest BCUT2D eigenvalue weighted by Crippen LogP contribution is 2.42. The van der Waals surface area contributed by atoms with Crippen molar-refractivity contribution in [3.8, 4) is 5.75 Å². The lowest BCUT2D eigenvalue weighted by molar-refractivity contribution is 0.0735. The standard InChI is InChI=1S/C24H23NO2/c1-16-13-19(27-3)14-17(2)22(16)23-20-11-7-8-12-21(20)24(26)25(23)15-18-9-5-4-6-10-18/h4-14,23H,15H2,1-3H3. The van der Waals surface area contributed by atoms with Gasteiger partial charge in [-0.15, -0.1) is 0 Å². The quantitative estimate of drug-likeness (QED) is 0.653. The Labute approximate surface area is 160 Å². The van der Waals surface area contributed by atoms with E-state index in [1.54, 1.807) is 7.11 Å². The molecule has 3 heteroatoms. The van der Waals surface area contributed by atoms with Gasteiger partial charge in [0.1, 0.15) is 5.75 Å². The molecule has 1 unspecified atom stereocenters. The van der Waals surface area contributed by atoms with E-state index in [-0.39, 0.29) is 11.9 Å². The van der Waals surface area contributed by atoms with E-state index in [9.17, 15) is 4.79 Å². The molecule has 1 aliphatic rings. The number of ether oxygens (including phenoxy) is 1. The van der Waals surface area contributed by atoms with Crippen molar-refractivity contribution in [1.82, 2.24) is 4.90 Å². The zero-order valence-electron chi connectivity index (χ0n) is 15.9. The molecule has 0 saturated carbocycles. The van der Waals surface area contributed by atoms with Crippen LogP contribution in [0.5, 0.6) is 5.75 Å². The molecule has 0 saturated heterocycles. The summed E-state index contributed by atoms with van der Waals surface area (Å²) in [5.41, 5.74) is 6.47. The minimum atomic E-state index is -0.0835. The second-order valence-electron chi connectivity index (χ2n) is 7.08. The third-order valence-electron chi connectivity index (χ3n) is 5.33. The first-order valence-electron chi connectivity index (χ1n) is 9.19. The SMILES string of the molecule is COc1cc(C)c(C2c3ccccc3C(=O)N2Cc2ccccc2)c(C)c1.